The highest BCUT2D eigenvalue weighted by atomic mass is 16.6. The minimum atomic E-state index is -2.07. The molecule has 17 rings (SSSR count). The van der Waals surface area contributed by atoms with Crippen molar-refractivity contribution in [2.75, 3.05) is 59.7 Å². The van der Waals surface area contributed by atoms with E-state index in [1.807, 2.05) is 280 Å². The van der Waals surface area contributed by atoms with Gasteiger partial charge in [0.15, 0.2) is 40.4 Å². The van der Waals surface area contributed by atoms with Crippen LogP contribution in [0.4, 0.5) is 14.4 Å². The summed E-state index contributed by atoms with van der Waals surface area (Å²) in [6, 6.07) is 77.8. The van der Waals surface area contributed by atoms with Crippen molar-refractivity contribution < 1.29 is 82.0 Å². The summed E-state index contributed by atoms with van der Waals surface area (Å²) < 4.78 is 48.0. The molecule has 0 radical (unpaired) electrons. The third-order valence-corrected chi connectivity index (χ3v) is 24.8. The van der Waals surface area contributed by atoms with Gasteiger partial charge in [-0.05, 0) is 135 Å². The van der Waals surface area contributed by atoms with Crippen molar-refractivity contribution in [1.82, 2.24) is 89.9 Å². The Labute approximate surface area is 851 Å². The molecular weight excluding hydrogens is 1880 g/mol. The van der Waals surface area contributed by atoms with Crippen LogP contribution in [0, 0.1) is 6.92 Å². The van der Waals surface area contributed by atoms with E-state index in [9.17, 15) is 48.9 Å². The second kappa shape index (κ2) is 49.6. The normalized spacial score (nSPS) is 16.0. The number of carbonyl (C=O) groups is 7. The Bertz CT molecular complexity index is 6730. The quantitative estimate of drug-likeness (QED) is 0.0128. The average Bonchev–Trinajstić information content (AvgIpc) is 1.49. The zero-order chi connectivity index (χ0) is 104. The van der Waals surface area contributed by atoms with E-state index < -0.39 is 88.3 Å². The molecule has 6 aromatic heterocycles. The van der Waals surface area contributed by atoms with Gasteiger partial charge in [-0.1, -0.05) is 231 Å². The highest BCUT2D eigenvalue weighted by Crippen LogP contribution is 2.39. The van der Waals surface area contributed by atoms with Crippen LogP contribution in [-0.2, 0) is 123 Å². The molecule has 0 bridgehead atoms. The number of nitrogens with two attached hydrogens (primary N) is 4. The molecule has 3 aliphatic rings. The van der Waals surface area contributed by atoms with Gasteiger partial charge in [0.2, 0.25) is 11.8 Å². The largest absolute Gasteiger partial charge is 0.449 e. The molecule has 0 aliphatic carbocycles. The van der Waals surface area contributed by atoms with Gasteiger partial charge in [-0.25, -0.2) is 19.4 Å². The number of ether oxygens (including phenoxy) is 7. The summed E-state index contributed by atoms with van der Waals surface area (Å²) in [5, 5.41) is 72.1. The number of hydrogen-bond acceptors (Lipinski definition) is 28. The second-order valence-corrected chi connectivity index (χ2v) is 38.0. The van der Waals surface area contributed by atoms with Crippen molar-refractivity contribution in [3.8, 4) is 11.1 Å². The maximum absolute atomic E-state index is 12.9. The molecule has 0 spiro atoms. The topological polar surface area (TPSA) is 524 Å². The number of imidazole rings is 1. The number of amides is 7. The number of aromatic nitrogens is 11. The standard InChI is InChI=1S/C30H34N6O4.C27H34N6O5.C26H33N5O5.C25H27N5O3/c1-30(2,31)28(37)32-25(20-39-18-21-9-4-3-5-10-21)27-34-33-26-17-35(15-16-36(26)27)29(38)40-19-23-13-8-12-22-11-6-7-14-24(22)23;1-26(28,36)24(34)30-21(17-37-16-19-9-5-3-6-10-19)23-32-31-22-15-27(13-14-33(22)23,18-38-25(35)29-2)20-11-7-4-8-12-20;1-26(2,27)24(33)29-22(17-35-15-18-7-4-3-5-8-18)23-28-13-19-9-6-10-20(31(19)23)16-36-25(34)30-12-11-21(32)14-30;1-17-13-20(19-11-7-4-8-12-19)22-28-29-23(30(22)14-17)21(27-24(31)25(2,26)32)16-33-15-18-9-5-3-6-10-18/h3-14,25H,15-20,31H2,1-2H3,(H,32,37);3-12,21,36H,13-18,28H2,1-2H3,(H,29,35)(H,30,34);3-10,13,21-22,32H,11-12,14-17,27H2,1-2H3,(H,29,33);3-14,21,32H,15-16,26H2,1-2H3,(H,27,31)/t25-;21-,26?,27?;21-,22-;21-,25?/m1111/s1. The first kappa shape index (κ1) is 108. The van der Waals surface area contributed by atoms with Crippen molar-refractivity contribution in [3.05, 3.63) is 341 Å². The summed E-state index contributed by atoms with van der Waals surface area (Å²) in [6.45, 7) is 15.7. The first-order valence-electron chi connectivity index (χ1n) is 48.4. The number of nitrogens with one attached hydrogen (secondary N) is 5. The second-order valence-electron chi connectivity index (χ2n) is 38.0. The maximum atomic E-state index is 12.9. The molecule has 1 fully saturated rings. The van der Waals surface area contributed by atoms with E-state index in [4.69, 9.17) is 56.1 Å². The number of hydrogen-bond donors (Lipinski definition) is 12. The summed E-state index contributed by atoms with van der Waals surface area (Å²) in [5.74, 6) is 1.23. The summed E-state index contributed by atoms with van der Waals surface area (Å²) in [4.78, 5) is 95.6. The predicted octanol–water partition coefficient (Wildman–Crippen LogP) is 10.1. The van der Waals surface area contributed by atoms with Gasteiger partial charge in [-0.2, -0.15) is 0 Å². The molecule has 9 heterocycles. The number of fused-ring (bicyclic) bond motifs is 5. The van der Waals surface area contributed by atoms with E-state index in [-0.39, 0.29) is 71.2 Å². The van der Waals surface area contributed by atoms with Crippen molar-refractivity contribution in [2.24, 2.45) is 22.9 Å². The third kappa shape index (κ3) is 29.2. The molecule has 39 nitrogen and oxygen atoms in total. The zero-order valence-electron chi connectivity index (χ0n) is 83.5. The SMILES string of the molecule is CC(C)(N)C(=O)N[C@H](COCc1ccccc1)c1ncc2cccc(COC(=O)N3CC[C@@H](O)C3)n12.CC(C)(N)C(=O)N[C@H](COCc1ccccc1)c1nnc2n1CCN(C(=O)OCc1cccc3ccccc13)C2.CNC(=O)OCC1(c2ccccc2)CCn2c(nnc2[C@@H](COCc2ccccc2)NC(=O)C(C)(N)O)C1.Cc1cc(-c2ccccc2)c2nnc([C@@H](COCc3ccccc3)NC(=O)C(C)(N)O)n2c1. The fourth-order valence-electron chi connectivity index (χ4n) is 16.8. The molecule has 16 N–H and O–H groups in total. The molecule has 8 atom stereocenters. The molecule has 3 unspecified atom stereocenters. The Balaban J connectivity index is 0.000000155. The van der Waals surface area contributed by atoms with Crippen molar-refractivity contribution in [2.45, 2.75) is 185 Å². The summed E-state index contributed by atoms with van der Waals surface area (Å²) >= 11 is 0. The fourth-order valence-corrected chi connectivity index (χ4v) is 16.8. The van der Waals surface area contributed by atoms with Crippen LogP contribution in [0.2, 0.25) is 0 Å². The molecule has 39 heteroatoms. The number of nitrogens with zero attached hydrogens (tertiary/aromatic N) is 13. The Hall–Kier alpha value is -15.1. The molecule has 3 aliphatic heterocycles. The van der Waals surface area contributed by atoms with Gasteiger partial charge in [-0.15, -0.1) is 30.6 Å². The summed E-state index contributed by atoms with van der Waals surface area (Å²) in [7, 11) is 1.52. The van der Waals surface area contributed by atoms with Crippen LogP contribution in [0.15, 0.2) is 261 Å². The number of aliphatic hydroxyl groups excluding tert-OH is 1. The van der Waals surface area contributed by atoms with Crippen LogP contribution in [0.3, 0.4) is 0 Å². The number of benzene rings is 8. The van der Waals surface area contributed by atoms with Crippen molar-refractivity contribution in [3.63, 3.8) is 0 Å². The molecule has 8 aromatic carbocycles. The number of carbonyl (C=O) groups excluding carboxylic acids is 7. The van der Waals surface area contributed by atoms with Gasteiger partial charge < -0.3 is 101 Å². The predicted molar refractivity (Wildman–Crippen MR) is 546 cm³/mol. The lowest BCUT2D eigenvalue weighted by Gasteiger charge is -2.37. The van der Waals surface area contributed by atoms with Gasteiger partial charge in [-0.3, -0.25) is 44.3 Å². The van der Waals surface area contributed by atoms with Crippen LogP contribution in [0.5, 0.6) is 0 Å². The summed E-state index contributed by atoms with van der Waals surface area (Å²) in [5.41, 5.74) is 27.6. The number of aliphatic hydroxyl groups is 3. The van der Waals surface area contributed by atoms with E-state index >= 15 is 0 Å². The fraction of sp³-hybridized carbons (Fsp3) is 0.352. The molecule has 14 aromatic rings. The molecule has 0 saturated carbocycles. The minimum Gasteiger partial charge on any atom is -0.449 e. The summed E-state index contributed by atoms with van der Waals surface area (Å²) in [6.07, 6.45) is 3.35. The Morgan fingerprint density at radius 1 is 0.469 bits per heavy atom. The van der Waals surface area contributed by atoms with Crippen molar-refractivity contribution >= 4 is 63.8 Å². The first-order valence-corrected chi connectivity index (χ1v) is 48.4. The number of likely N-dealkylation sites (tertiary alicyclic amines) is 1. The molecule has 147 heavy (non-hydrogen) atoms. The number of pyridine rings is 2. The molecule has 1 saturated heterocycles. The average molecular weight is 2010 g/mol. The Morgan fingerprint density at radius 2 is 0.925 bits per heavy atom. The Kier molecular flexibility index (Phi) is 36.3. The van der Waals surface area contributed by atoms with Crippen LogP contribution < -0.4 is 49.5 Å². The lowest BCUT2D eigenvalue weighted by molar-refractivity contribution is -0.139. The highest BCUT2D eigenvalue weighted by molar-refractivity contribution is 5.88. The number of β-amino-alcohol motifs (C(OH)–C–C–N with tert-alkyl or cyclic N) is 1. The van der Waals surface area contributed by atoms with Gasteiger partial charge in [0.25, 0.3) is 11.8 Å². The van der Waals surface area contributed by atoms with E-state index in [0.717, 1.165) is 66.4 Å². The van der Waals surface area contributed by atoms with E-state index in [0.29, 0.717) is 118 Å². The number of rotatable bonds is 36. The monoisotopic (exact) mass is 2000 g/mol. The lowest BCUT2D eigenvalue weighted by Crippen LogP contribution is -2.53. The van der Waals surface area contributed by atoms with Gasteiger partial charge in [0.05, 0.1) is 94.0 Å². The van der Waals surface area contributed by atoms with Gasteiger partial charge >= 0.3 is 18.3 Å². The molecule has 7 amide bonds. The third-order valence-electron chi connectivity index (χ3n) is 24.8. The van der Waals surface area contributed by atoms with E-state index in [2.05, 4.69) is 62.2 Å². The van der Waals surface area contributed by atoms with Crippen LogP contribution >= 0.6 is 0 Å². The zero-order valence-corrected chi connectivity index (χ0v) is 83.5. The van der Waals surface area contributed by atoms with E-state index in [1.165, 1.54) is 25.8 Å². The van der Waals surface area contributed by atoms with E-state index in [1.54, 1.807) is 38.8 Å². The number of aryl methyl sites for hydroxylation is 1. The highest BCUT2D eigenvalue weighted by Gasteiger charge is 2.43. The smallest absolute Gasteiger partial charge is 0.410 e. The van der Waals surface area contributed by atoms with Gasteiger partial charge in [0.1, 0.15) is 55.6 Å². The molecule has 772 valence electrons. The van der Waals surface area contributed by atoms with Crippen LogP contribution in [-0.4, -0.2) is 209 Å². The number of alkyl carbamates (subject to hydrolysis) is 1. The minimum absolute atomic E-state index is 0.0000490. The van der Waals surface area contributed by atoms with Crippen LogP contribution in [0.1, 0.15) is 158 Å². The first-order chi connectivity index (χ1) is 70.6. The lowest BCUT2D eigenvalue weighted by atomic mass is 9.73. The van der Waals surface area contributed by atoms with Gasteiger partial charge in [0, 0.05) is 63.4 Å². The Morgan fingerprint density at radius 3 is 1.44 bits per heavy atom. The maximum Gasteiger partial charge on any atom is 0.410 e. The molecular formula is C108H128N22O17. The van der Waals surface area contributed by atoms with Crippen LogP contribution in [0.25, 0.3) is 33.1 Å². The van der Waals surface area contributed by atoms with Crippen molar-refractivity contribution in [1.29, 1.82) is 0 Å².